The van der Waals surface area contributed by atoms with Crippen LogP contribution in [0.1, 0.15) is 10.4 Å². The lowest BCUT2D eigenvalue weighted by atomic mass is 10.2. The summed E-state index contributed by atoms with van der Waals surface area (Å²) in [5, 5.41) is 24.4. The standard InChI is InChI=1S/C13H10N4O6/c1-23-12-10(16(19)20)5-9(6-11(12)17(21)22)15-13(18)8-3-2-4-14-7-8/h2-7H,1H3,(H,15,18). The third kappa shape index (κ3) is 3.37. The van der Waals surface area contributed by atoms with Gasteiger partial charge in [0.05, 0.1) is 28.2 Å². The van der Waals surface area contributed by atoms with Crippen LogP contribution in [0.4, 0.5) is 17.1 Å². The molecule has 0 fully saturated rings. The highest BCUT2D eigenvalue weighted by atomic mass is 16.6. The lowest BCUT2D eigenvalue weighted by molar-refractivity contribution is -0.395. The van der Waals surface area contributed by atoms with Crippen molar-refractivity contribution in [2.45, 2.75) is 0 Å². The second-order valence-corrected chi connectivity index (χ2v) is 4.26. The fraction of sp³-hybridized carbons (Fsp3) is 0.0769. The number of hydrogen-bond acceptors (Lipinski definition) is 7. The summed E-state index contributed by atoms with van der Waals surface area (Å²) in [6.07, 6.45) is 2.77. The zero-order valence-corrected chi connectivity index (χ0v) is 11.8. The predicted octanol–water partition coefficient (Wildman–Crippen LogP) is 2.16. The smallest absolute Gasteiger partial charge is 0.320 e. The van der Waals surface area contributed by atoms with Gasteiger partial charge in [-0.1, -0.05) is 0 Å². The van der Waals surface area contributed by atoms with Crippen molar-refractivity contribution in [2.75, 3.05) is 12.4 Å². The molecule has 0 atom stereocenters. The average Bonchev–Trinajstić information content (AvgIpc) is 2.54. The Balaban J connectivity index is 2.45. The maximum atomic E-state index is 12.0. The molecule has 10 heteroatoms. The largest absolute Gasteiger partial charge is 0.485 e. The first-order valence-corrected chi connectivity index (χ1v) is 6.16. The highest BCUT2D eigenvalue weighted by molar-refractivity contribution is 6.04. The topological polar surface area (TPSA) is 138 Å². The maximum Gasteiger partial charge on any atom is 0.320 e. The van der Waals surface area contributed by atoms with E-state index in [1.54, 1.807) is 0 Å². The van der Waals surface area contributed by atoms with Crippen LogP contribution < -0.4 is 10.1 Å². The van der Waals surface area contributed by atoms with Gasteiger partial charge in [-0.15, -0.1) is 0 Å². The Kier molecular flexibility index (Phi) is 4.45. The lowest BCUT2D eigenvalue weighted by Gasteiger charge is -2.08. The van der Waals surface area contributed by atoms with Crippen molar-refractivity contribution in [1.29, 1.82) is 0 Å². The van der Waals surface area contributed by atoms with Gasteiger partial charge in [-0.05, 0) is 12.1 Å². The van der Waals surface area contributed by atoms with Crippen LogP contribution in [-0.4, -0.2) is 27.8 Å². The molecule has 2 aromatic rings. The van der Waals surface area contributed by atoms with E-state index in [0.29, 0.717) is 0 Å². The Bertz CT molecular complexity index is 742. The first-order chi connectivity index (χ1) is 10.9. The van der Waals surface area contributed by atoms with E-state index >= 15 is 0 Å². The van der Waals surface area contributed by atoms with E-state index in [0.717, 1.165) is 19.2 Å². The van der Waals surface area contributed by atoms with Gasteiger partial charge < -0.3 is 10.1 Å². The number of anilines is 1. The molecule has 0 saturated carbocycles. The molecule has 23 heavy (non-hydrogen) atoms. The zero-order chi connectivity index (χ0) is 17.0. The molecule has 118 valence electrons. The van der Waals surface area contributed by atoms with Gasteiger partial charge in [-0.25, -0.2) is 0 Å². The normalized spacial score (nSPS) is 9.96. The molecular weight excluding hydrogens is 308 g/mol. The van der Waals surface area contributed by atoms with Crippen LogP contribution in [0.25, 0.3) is 0 Å². The number of nitro benzene ring substituents is 2. The van der Waals surface area contributed by atoms with Gasteiger partial charge in [0.1, 0.15) is 0 Å². The molecule has 0 spiro atoms. The molecule has 0 bridgehead atoms. The van der Waals surface area contributed by atoms with Crippen molar-refractivity contribution < 1.29 is 19.4 Å². The number of methoxy groups -OCH3 is 1. The minimum atomic E-state index is -0.828. The molecule has 1 N–H and O–H groups in total. The predicted molar refractivity (Wildman–Crippen MR) is 78.5 cm³/mol. The summed E-state index contributed by atoms with van der Waals surface area (Å²) >= 11 is 0. The van der Waals surface area contributed by atoms with Crippen molar-refractivity contribution in [3.63, 3.8) is 0 Å². The summed E-state index contributed by atoms with van der Waals surface area (Å²) < 4.78 is 4.74. The highest BCUT2D eigenvalue weighted by Gasteiger charge is 2.28. The molecule has 1 amide bonds. The van der Waals surface area contributed by atoms with Crippen LogP contribution in [0.3, 0.4) is 0 Å². The fourth-order valence-corrected chi connectivity index (χ4v) is 1.85. The van der Waals surface area contributed by atoms with E-state index in [-0.39, 0.29) is 11.3 Å². The van der Waals surface area contributed by atoms with Crippen LogP contribution in [0.15, 0.2) is 36.7 Å². The van der Waals surface area contributed by atoms with Gasteiger partial charge in [0.15, 0.2) is 0 Å². The van der Waals surface area contributed by atoms with Crippen LogP contribution in [0.2, 0.25) is 0 Å². The van der Waals surface area contributed by atoms with Crippen molar-refractivity contribution in [1.82, 2.24) is 4.98 Å². The summed E-state index contributed by atoms with van der Waals surface area (Å²) in [6.45, 7) is 0. The molecule has 0 aliphatic heterocycles. The second kappa shape index (κ2) is 6.47. The van der Waals surface area contributed by atoms with Crippen molar-refractivity contribution in [3.8, 4) is 5.75 Å². The van der Waals surface area contributed by atoms with E-state index in [9.17, 15) is 25.0 Å². The molecule has 1 aromatic carbocycles. The SMILES string of the molecule is COc1c([N+](=O)[O-])cc(NC(=O)c2cccnc2)cc1[N+](=O)[O-]. The third-order valence-corrected chi connectivity index (χ3v) is 2.83. The Morgan fingerprint density at radius 3 is 2.26 bits per heavy atom. The Labute approximate surface area is 129 Å². The van der Waals surface area contributed by atoms with Gasteiger partial charge in [0.2, 0.25) is 0 Å². The van der Waals surface area contributed by atoms with E-state index in [2.05, 4.69) is 10.3 Å². The van der Waals surface area contributed by atoms with Crippen molar-refractivity contribution in [3.05, 3.63) is 62.5 Å². The molecule has 1 heterocycles. The van der Waals surface area contributed by atoms with Crippen LogP contribution in [-0.2, 0) is 0 Å². The number of benzene rings is 1. The number of amides is 1. The highest BCUT2D eigenvalue weighted by Crippen LogP contribution is 2.39. The minimum Gasteiger partial charge on any atom is -0.485 e. The summed E-state index contributed by atoms with van der Waals surface area (Å²) in [4.78, 5) is 36.2. The minimum absolute atomic E-state index is 0.0990. The molecule has 0 aliphatic carbocycles. The Morgan fingerprint density at radius 1 is 1.22 bits per heavy atom. The maximum absolute atomic E-state index is 12.0. The first kappa shape index (κ1) is 15.8. The molecular formula is C13H10N4O6. The van der Waals surface area contributed by atoms with E-state index in [4.69, 9.17) is 4.74 Å². The van der Waals surface area contributed by atoms with E-state index in [1.807, 2.05) is 0 Å². The molecule has 0 saturated heterocycles. The number of rotatable bonds is 5. The molecule has 0 radical (unpaired) electrons. The summed E-state index contributed by atoms with van der Waals surface area (Å²) in [5.74, 6) is -1.09. The summed E-state index contributed by atoms with van der Waals surface area (Å²) in [7, 11) is 1.09. The second-order valence-electron chi connectivity index (χ2n) is 4.26. The van der Waals surface area contributed by atoms with Gasteiger partial charge in [0.25, 0.3) is 11.7 Å². The number of ether oxygens (including phenoxy) is 1. The van der Waals surface area contributed by atoms with Crippen LogP contribution >= 0.6 is 0 Å². The molecule has 0 aliphatic rings. The summed E-state index contributed by atoms with van der Waals surface area (Å²) in [6, 6.07) is 4.99. The number of carbonyl (C=O) groups is 1. The van der Waals surface area contributed by atoms with Gasteiger partial charge in [-0.3, -0.25) is 30.0 Å². The fourth-order valence-electron chi connectivity index (χ4n) is 1.85. The third-order valence-electron chi connectivity index (χ3n) is 2.83. The van der Waals surface area contributed by atoms with Crippen LogP contribution in [0.5, 0.6) is 5.75 Å². The number of carbonyl (C=O) groups excluding carboxylic acids is 1. The molecule has 10 nitrogen and oxygen atoms in total. The summed E-state index contributed by atoms with van der Waals surface area (Å²) in [5.41, 5.74) is -1.14. The Morgan fingerprint density at radius 2 is 1.83 bits per heavy atom. The van der Waals surface area contributed by atoms with Crippen LogP contribution in [0, 0.1) is 20.2 Å². The van der Waals surface area contributed by atoms with Gasteiger partial charge in [-0.2, -0.15) is 0 Å². The monoisotopic (exact) mass is 318 g/mol. The molecule has 1 aromatic heterocycles. The number of nitrogens with zero attached hydrogens (tertiary/aromatic N) is 3. The molecule has 2 rings (SSSR count). The van der Waals surface area contributed by atoms with Gasteiger partial charge >= 0.3 is 11.4 Å². The first-order valence-electron chi connectivity index (χ1n) is 6.16. The van der Waals surface area contributed by atoms with E-state index in [1.165, 1.54) is 24.5 Å². The number of nitrogens with one attached hydrogen (secondary N) is 1. The van der Waals surface area contributed by atoms with Gasteiger partial charge in [0, 0.05) is 24.5 Å². The number of aromatic nitrogens is 1. The quantitative estimate of drug-likeness (QED) is 0.658. The number of pyridine rings is 1. The Hall–Kier alpha value is -3.56. The average molecular weight is 318 g/mol. The van der Waals surface area contributed by atoms with Crippen molar-refractivity contribution >= 4 is 23.0 Å². The zero-order valence-electron chi connectivity index (χ0n) is 11.8. The molecule has 0 unspecified atom stereocenters. The van der Waals surface area contributed by atoms with Crippen molar-refractivity contribution in [2.24, 2.45) is 0 Å². The number of hydrogen-bond donors (Lipinski definition) is 1. The number of nitro groups is 2. The lowest BCUT2D eigenvalue weighted by Crippen LogP contribution is -2.12. The van der Waals surface area contributed by atoms with E-state index < -0.39 is 32.9 Å².